The normalized spacial score (nSPS) is 11.8. The third-order valence-corrected chi connectivity index (χ3v) is 4.33. The van der Waals surface area contributed by atoms with E-state index in [-0.39, 0.29) is 11.7 Å². The van der Waals surface area contributed by atoms with Crippen LogP contribution in [0.4, 0.5) is 5.88 Å². The highest BCUT2D eigenvalue weighted by atomic mass is 16.5. The molecule has 1 N–H and O–H groups in total. The second kappa shape index (κ2) is 8.39. The molecule has 138 valence electrons. The first-order chi connectivity index (χ1) is 13.1. The van der Waals surface area contributed by atoms with E-state index in [0.717, 1.165) is 11.3 Å². The molecular formula is C21H22N4O2. The highest BCUT2D eigenvalue weighted by molar-refractivity contribution is 5.59. The van der Waals surface area contributed by atoms with Crippen molar-refractivity contribution in [1.29, 1.82) is 5.26 Å². The third-order valence-electron chi connectivity index (χ3n) is 4.33. The van der Waals surface area contributed by atoms with E-state index >= 15 is 0 Å². The molecule has 1 heterocycles. The van der Waals surface area contributed by atoms with E-state index in [1.54, 1.807) is 7.11 Å². The van der Waals surface area contributed by atoms with E-state index < -0.39 is 0 Å². The summed E-state index contributed by atoms with van der Waals surface area (Å²) in [7, 11) is 5.66. The number of anilines is 1. The number of benzene rings is 2. The van der Waals surface area contributed by atoms with Gasteiger partial charge < -0.3 is 19.4 Å². The Hall–Kier alpha value is -3.30. The Labute approximate surface area is 159 Å². The summed E-state index contributed by atoms with van der Waals surface area (Å²) in [5.74, 6) is 1.53. The van der Waals surface area contributed by atoms with Gasteiger partial charge in [-0.15, -0.1) is 0 Å². The van der Waals surface area contributed by atoms with Gasteiger partial charge in [-0.2, -0.15) is 10.2 Å². The number of likely N-dealkylation sites (N-methyl/N-ethyl adjacent to an activating group) is 1. The predicted octanol–water partition coefficient (Wildman–Crippen LogP) is 3.94. The number of methoxy groups -OCH3 is 1. The minimum Gasteiger partial charge on any atom is -0.497 e. The number of aromatic nitrogens is 1. The molecule has 0 amide bonds. The summed E-state index contributed by atoms with van der Waals surface area (Å²) < 4.78 is 11.0. The molecule has 0 bridgehead atoms. The third kappa shape index (κ3) is 4.27. The molecule has 1 aromatic heterocycles. The molecule has 3 aromatic rings. The van der Waals surface area contributed by atoms with Gasteiger partial charge in [0, 0.05) is 12.1 Å². The minimum absolute atomic E-state index is 0.132. The lowest BCUT2D eigenvalue weighted by atomic mass is 10.1. The van der Waals surface area contributed by atoms with E-state index in [0.29, 0.717) is 18.3 Å². The number of rotatable bonds is 7. The maximum absolute atomic E-state index is 9.41. The van der Waals surface area contributed by atoms with Crippen molar-refractivity contribution < 1.29 is 9.15 Å². The second-order valence-corrected chi connectivity index (χ2v) is 6.31. The predicted molar refractivity (Wildman–Crippen MR) is 105 cm³/mol. The molecule has 0 aliphatic heterocycles. The Kier molecular flexibility index (Phi) is 5.74. The Morgan fingerprint density at radius 1 is 1.15 bits per heavy atom. The number of nitriles is 1. The van der Waals surface area contributed by atoms with Gasteiger partial charge in [0.1, 0.15) is 11.8 Å². The molecule has 6 nitrogen and oxygen atoms in total. The van der Waals surface area contributed by atoms with Crippen molar-refractivity contribution in [1.82, 2.24) is 9.88 Å². The SMILES string of the molecule is COc1ccc(-c2nc(C#N)c(NC[C@H](c3ccccc3)N(C)C)o2)cc1. The van der Waals surface area contributed by atoms with Crippen LogP contribution in [0.5, 0.6) is 5.75 Å². The van der Waals surface area contributed by atoms with Crippen LogP contribution in [0.3, 0.4) is 0 Å². The molecule has 2 aromatic carbocycles. The maximum Gasteiger partial charge on any atom is 0.232 e. The van der Waals surface area contributed by atoms with E-state index in [4.69, 9.17) is 9.15 Å². The van der Waals surface area contributed by atoms with Crippen molar-refractivity contribution >= 4 is 5.88 Å². The summed E-state index contributed by atoms with van der Waals surface area (Å²) in [5, 5.41) is 12.6. The van der Waals surface area contributed by atoms with Crippen molar-refractivity contribution in [3.8, 4) is 23.3 Å². The van der Waals surface area contributed by atoms with E-state index in [1.165, 1.54) is 5.56 Å². The highest BCUT2D eigenvalue weighted by Gasteiger charge is 2.18. The zero-order valence-electron chi connectivity index (χ0n) is 15.6. The second-order valence-electron chi connectivity index (χ2n) is 6.31. The van der Waals surface area contributed by atoms with Gasteiger partial charge in [-0.3, -0.25) is 0 Å². The summed E-state index contributed by atoms with van der Waals surface area (Å²) in [5.41, 5.74) is 2.21. The van der Waals surface area contributed by atoms with Crippen molar-refractivity contribution in [2.45, 2.75) is 6.04 Å². The Balaban J connectivity index is 1.80. The largest absolute Gasteiger partial charge is 0.497 e. The fraction of sp³-hybridized carbons (Fsp3) is 0.238. The number of nitrogens with zero attached hydrogens (tertiary/aromatic N) is 3. The summed E-state index contributed by atoms with van der Waals surface area (Å²) in [6.45, 7) is 0.586. The van der Waals surface area contributed by atoms with Crippen molar-refractivity contribution in [3.05, 3.63) is 65.9 Å². The molecule has 0 saturated heterocycles. The highest BCUT2D eigenvalue weighted by Crippen LogP contribution is 2.28. The van der Waals surface area contributed by atoms with Gasteiger partial charge in [-0.05, 0) is 43.9 Å². The zero-order chi connectivity index (χ0) is 19.2. The molecule has 1 atom stereocenters. The molecule has 6 heteroatoms. The molecule has 27 heavy (non-hydrogen) atoms. The average Bonchev–Trinajstić information content (AvgIpc) is 3.12. The molecule has 0 saturated carbocycles. The van der Waals surface area contributed by atoms with Gasteiger partial charge in [0.05, 0.1) is 13.2 Å². The van der Waals surface area contributed by atoms with Gasteiger partial charge in [-0.1, -0.05) is 30.3 Å². The van der Waals surface area contributed by atoms with Gasteiger partial charge in [0.15, 0.2) is 0 Å². The van der Waals surface area contributed by atoms with Crippen LogP contribution in [0.15, 0.2) is 59.0 Å². The first-order valence-corrected chi connectivity index (χ1v) is 8.63. The number of nitrogens with one attached hydrogen (secondary N) is 1. The quantitative estimate of drug-likeness (QED) is 0.686. The first kappa shape index (κ1) is 18.5. The van der Waals surface area contributed by atoms with Crippen molar-refractivity contribution in [2.75, 3.05) is 33.1 Å². The molecule has 0 spiro atoms. The number of hydrogen-bond donors (Lipinski definition) is 1. The van der Waals surface area contributed by atoms with Crippen molar-refractivity contribution in [2.24, 2.45) is 0 Å². The molecule has 0 unspecified atom stereocenters. The van der Waals surface area contributed by atoms with Crippen LogP contribution in [-0.4, -0.2) is 37.6 Å². The molecule has 0 aliphatic carbocycles. The van der Waals surface area contributed by atoms with Crippen LogP contribution in [0, 0.1) is 11.3 Å². The molecule has 0 radical (unpaired) electrons. The van der Waals surface area contributed by atoms with Gasteiger partial charge in [0.2, 0.25) is 17.5 Å². The van der Waals surface area contributed by atoms with E-state index in [9.17, 15) is 5.26 Å². The number of hydrogen-bond acceptors (Lipinski definition) is 6. The summed E-state index contributed by atoms with van der Waals surface area (Å²) in [6, 6.07) is 19.8. The van der Waals surface area contributed by atoms with E-state index in [1.807, 2.05) is 56.6 Å². The Morgan fingerprint density at radius 2 is 1.85 bits per heavy atom. The van der Waals surface area contributed by atoms with E-state index in [2.05, 4.69) is 33.4 Å². The lowest BCUT2D eigenvalue weighted by Gasteiger charge is -2.24. The lowest BCUT2D eigenvalue weighted by Crippen LogP contribution is -2.26. The smallest absolute Gasteiger partial charge is 0.232 e. The van der Waals surface area contributed by atoms with Crippen LogP contribution in [-0.2, 0) is 0 Å². The topological polar surface area (TPSA) is 74.3 Å². The molecule has 0 fully saturated rings. The number of oxazole rings is 1. The minimum atomic E-state index is 0.132. The standard InChI is InChI=1S/C21H22N4O2/c1-25(2)19(15-7-5-4-6-8-15)14-23-21-18(13-22)24-20(27-21)16-9-11-17(26-3)12-10-16/h4-12,19,23H,14H2,1-3H3/t19-/m1/s1. The Morgan fingerprint density at radius 3 is 2.44 bits per heavy atom. The molecule has 0 aliphatic rings. The monoisotopic (exact) mass is 362 g/mol. The Bertz CT molecular complexity index is 912. The molecule has 3 rings (SSSR count). The van der Waals surface area contributed by atoms with Crippen molar-refractivity contribution in [3.63, 3.8) is 0 Å². The first-order valence-electron chi connectivity index (χ1n) is 8.63. The summed E-state index contributed by atoms with van der Waals surface area (Å²) in [6.07, 6.45) is 0. The van der Waals surface area contributed by atoms with Crippen LogP contribution >= 0.6 is 0 Å². The van der Waals surface area contributed by atoms with Gasteiger partial charge >= 0.3 is 0 Å². The van der Waals surface area contributed by atoms with Crippen LogP contribution in [0.1, 0.15) is 17.3 Å². The number of ether oxygens (including phenoxy) is 1. The fourth-order valence-corrected chi connectivity index (χ4v) is 2.84. The van der Waals surface area contributed by atoms with Crippen LogP contribution in [0.25, 0.3) is 11.5 Å². The maximum atomic E-state index is 9.41. The van der Waals surface area contributed by atoms with Crippen LogP contribution < -0.4 is 10.1 Å². The van der Waals surface area contributed by atoms with Gasteiger partial charge in [-0.25, -0.2) is 0 Å². The summed E-state index contributed by atoms with van der Waals surface area (Å²) in [4.78, 5) is 6.43. The average molecular weight is 362 g/mol. The molecular weight excluding hydrogens is 340 g/mol. The van der Waals surface area contributed by atoms with Crippen LogP contribution in [0.2, 0.25) is 0 Å². The lowest BCUT2D eigenvalue weighted by molar-refractivity contribution is 0.310. The fourth-order valence-electron chi connectivity index (χ4n) is 2.84. The summed E-state index contributed by atoms with van der Waals surface area (Å²) >= 11 is 0. The van der Waals surface area contributed by atoms with Gasteiger partial charge in [0.25, 0.3) is 0 Å². The zero-order valence-corrected chi connectivity index (χ0v) is 15.6.